The van der Waals surface area contributed by atoms with Gasteiger partial charge in [-0.25, -0.2) is 0 Å². The molecule has 1 heterocycles. The van der Waals surface area contributed by atoms with Crippen LogP contribution in [0.3, 0.4) is 0 Å². The predicted molar refractivity (Wildman–Crippen MR) is 108 cm³/mol. The van der Waals surface area contributed by atoms with Gasteiger partial charge in [-0.3, -0.25) is 0 Å². The summed E-state index contributed by atoms with van der Waals surface area (Å²) in [6.07, 6.45) is 9.92. The van der Waals surface area contributed by atoms with Gasteiger partial charge in [0.05, 0.1) is 6.61 Å². The molecule has 1 aliphatic rings. The normalized spacial score (nSPS) is 23.3. The number of aliphatic hydroxyl groups is 2. The van der Waals surface area contributed by atoms with Crippen LogP contribution >= 0.6 is 0 Å². The summed E-state index contributed by atoms with van der Waals surface area (Å²) in [7, 11) is 0. The van der Waals surface area contributed by atoms with Gasteiger partial charge in [-0.1, -0.05) is 70.1 Å². The van der Waals surface area contributed by atoms with Crippen LogP contribution in [0, 0.1) is 0 Å². The first-order chi connectivity index (χ1) is 12.7. The van der Waals surface area contributed by atoms with Crippen molar-refractivity contribution in [2.24, 2.45) is 0 Å². The van der Waals surface area contributed by atoms with Gasteiger partial charge < -0.3 is 19.8 Å². The Morgan fingerprint density at radius 1 is 1.04 bits per heavy atom. The molecular formula is C22H37NO3. The Bertz CT molecular complexity index is 482. The summed E-state index contributed by atoms with van der Waals surface area (Å²) in [4.78, 5) is 2.12. The van der Waals surface area contributed by atoms with Crippen molar-refractivity contribution in [3.05, 3.63) is 30.3 Å². The highest BCUT2D eigenvalue weighted by molar-refractivity contribution is 5.46. The Labute approximate surface area is 159 Å². The third kappa shape index (κ3) is 6.90. The molecule has 0 saturated carbocycles. The fourth-order valence-corrected chi connectivity index (χ4v) is 3.59. The van der Waals surface area contributed by atoms with E-state index < -0.39 is 11.7 Å². The Hall–Kier alpha value is -1.10. The molecule has 0 aliphatic carbocycles. The number of ether oxygens (including phenoxy) is 1. The van der Waals surface area contributed by atoms with Crippen molar-refractivity contribution >= 4 is 5.69 Å². The first kappa shape index (κ1) is 21.2. The third-order valence-electron chi connectivity index (χ3n) is 5.44. The number of anilines is 1. The predicted octanol–water partition coefficient (Wildman–Crippen LogP) is 4.15. The van der Waals surface area contributed by atoms with Gasteiger partial charge in [0, 0.05) is 25.4 Å². The lowest BCUT2D eigenvalue weighted by molar-refractivity contribution is -0.129. The fourth-order valence-electron chi connectivity index (χ4n) is 3.59. The number of hydrogen-bond acceptors (Lipinski definition) is 4. The van der Waals surface area contributed by atoms with E-state index in [0.717, 1.165) is 18.7 Å². The molecule has 26 heavy (non-hydrogen) atoms. The number of piperidine rings is 1. The molecule has 0 radical (unpaired) electrons. The van der Waals surface area contributed by atoms with Crippen LogP contribution in [0.15, 0.2) is 30.3 Å². The minimum absolute atomic E-state index is 0.229. The number of para-hydroxylation sites is 1. The number of unbranched alkanes of at least 4 members (excludes halogenated alkanes) is 7. The number of rotatable bonds is 12. The highest BCUT2D eigenvalue weighted by atomic mass is 16.5. The molecule has 1 aliphatic heterocycles. The molecular weight excluding hydrogens is 326 g/mol. The van der Waals surface area contributed by atoms with E-state index in [9.17, 15) is 10.2 Å². The largest absolute Gasteiger partial charge is 0.388 e. The molecule has 0 spiro atoms. The maximum absolute atomic E-state index is 10.7. The van der Waals surface area contributed by atoms with Gasteiger partial charge in [-0.05, 0) is 25.0 Å². The average Bonchev–Trinajstić information content (AvgIpc) is 2.66. The summed E-state index contributed by atoms with van der Waals surface area (Å²) in [5.74, 6) is 0. The number of hydrogen-bond donors (Lipinski definition) is 2. The molecule has 4 nitrogen and oxygen atoms in total. The van der Waals surface area contributed by atoms with Crippen molar-refractivity contribution in [2.75, 3.05) is 31.2 Å². The number of nitrogens with zero attached hydrogens (tertiary/aromatic N) is 1. The van der Waals surface area contributed by atoms with Crippen molar-refractivity contribution in [1.29, 1.82) is 0 Å². The first-order valence-electron chi connectivity index (χ1n) is 10.4. The van der Waals surface area contributed by atoms with Gasteiger partial charge in [0.15, 0.2) is 0 Å². The average molecular weight is 364 g/mol. The van der Waals surface area contributed by atoms with Crippen molar-refractivity contribution in [2.45, 2.75) is 76.4 Å². The van der Waals surface area contributed by atoms with Crippen LogP contribution in [0.25, 0.3) is 0 Å². The third-order valence-corrected chi connectivity index (χ3v) is 5.44. The van der Waals surface area contributed by atoms with E-state index in [1.54, 1.807) is 0 Å². The second kappa shape index (κ2) is 11.6. The van der Waals surface area contributed by atoms with E-state index in [2.05, 4.69) is 11.8 Å². The molecule has 0 amide bonds. The molecule has 1 saturated heterocycles. The van der Waals surface area contributed by atoms with Crippen LogP contribution in [0.2, 0.25) is 0 Å². The molecule has 2 N–H and O–H groups in total. The molecule has 2 rings (SSSR count). The van der Waals surface area contributed by atoms with Crippen LogP contribution in [0.1, 0.15) is 64.7 Å². The molecule has 4 heteroatoms. The summed E-state index contributed by atoms with van der Waals surface area (Å²) in [6, 6.07) is 10.1. The lowest BCUT2D eigenvalue weighted by Gasteiger charge is -2.42. The second-order valence-electron chi connectivity index (χ2n) is 7.68. The van der Waals surface area contributed by atoms with Crippen molar-refractivity contribution in [1.82, 2.24) is 0 Å². The molecule has 1 fully saturated rings. The molecule has 0 bridgehead atoms. The lowest BCUT2D eigenvalue weighted by atomic mass is 9.89. The highest BCUT2D eigenvalue weighted by Crippen LogP contribution is 2.27. The lowest BCUT2D eigenvalue weighted by Crippen LogP contribution is -2.58. The maximum atomic E-state index is 10.7. The summed E-state index contributed by atoms with van der Waals surface area (Å²) in [6.45, 7) is 4.33. The second-order valence-corrected chi connectivity index (χ2v) is 7.68. The summed E-state index contributed by atoms with van der Waals surface area (Å²) in [5, 5.41) is 21.2. The molecule has 148 valence electrons. The van der Waals surface area contributed by atoms with Gasteiger partial charge in [-0.15, -0.1) is 0 Å². The maximum Gasteiger partial charge on any atom is 0.117 e. The number of aliphatic hydroxyl groups excluding tert-OH is 1. The molecule has 2 atom stereocenters. The smallest absolute Gasteiger partial charge is 0.117 e. The zero-order valence-electron chi connectivity index (χ0n) is 16.4. The van der Waals surface area contributed by atoms with Gasteiger partial charge in [-0.2, -0.15) is 0 Å². The molecule has 0 aromatic heterocycles. The van der Waals surface area contributed by atoms with E-state index in [0.29, 0.717) is 19.6 Å². The van der Waals surface area contributed by atoms with Crippen molar-refractivity contribution in [3.63, 3.8) is 0 Å². The fraction of sp³-hybridized carbons (Fsp3) is 0.727. The van der Waals surface area contributed by atoms with Gasteiger partial charge in [0.25, 0.3) is 0 Å². The van der Waals surface area contributed by atoms with E-state index in [-0.39, 0.29) is 6.61 Å². The minimum Gasteiger partial charge on any atom is -0.388 e. The Morgan fingerprint density at radius 2 is 1.69 bits per heavy atom. The van der Waals surface area contributed by atoms with Crippen LogP contribution in [0.5, 0.6) is 0 Å². The van der Waals surface area contributed by atoms with Crippen LogP contribution in [0.4, 0.5) is 5.69 Å². The zero-order chi connectivity index (χ0) is 18.7. The van der Waals surface area contributed by atoms with Crippen molar-refractivity contribution in [3.8, 4) is 0 Å². The van der Waals surface area contributed by atoms with E-state index in [1.807, 2.05) is 30.3 Å². The van der Waals surface area contributed by atoms with Gasteiger partial charge in [0.2, 0.25) is 0 Å². The monoisotopic (exact) mass is 363 g/mol. The van der Waals surface area contributed by atoms with E-state index in [4.69, 9.17) is 4.74 Å². The Morgan fingerprint density at radius 3 is 2.35 bits per heavy atom. The zero-order valence-corrected chi connectivity index (χ0v) is 16.4. The number of β-amino-alcohol motifs (C(OH)–C–C–N with tert-alkyl or cyclic N) is 1. The molecule has 0 unspecified atom stereocenters. The van der Waals surface area contributed by atoms with Crippen molar-refractivity contribution < 1.29 is 14.9 Å². The van der Waals surface area contributed by atoms with E-state index in [1.165, 1.54) is 44.9 Å². The van der Waals surface area contributed by atoms with Crippen LogP contribution in [-0.2, 0) is 4.74 Å². The standard InChI is InChI=1S/C22H37NO3/c1-2-3-4-5-6-7-8-12-17-26-19-22(25)15-16-23(18-21(22)24)20-13-10-9-11-14-20/h9-11,13-14,21,24-25H,2-8,12,15-19H2,1H3/t21-,22-/m1/s1. The minimum atomic E-state index is -1.12. The summed E-state index contributed by atoms with van der Waals surface area (Å²) >= 11 is 0. The van der Waals surface area contributed by atoms with Gasteiger partial charge in [0.1, 0.15) is 11.7 Å². The summed E-state index contributed by atoms with van der Waals surface area (Å²) in [5.41, 5.74) is -0.0284. The highest BCUT2D eigenvalue weighted by Gasteiger charge is 2.40. The topological polar surface area (TPSA) is 52.9 Å². The molecule has 1 aromatic rings. The first-order valence-corrected chi connectivity index (χ1v) is 10.4. The SMILES string of the molecule is CCCCCCCCCCOC[C@]1(O)CCN(c2ccccc2)C[C@H]1O. The summed E-state index contributed by atoms with van der Waals surface area (Å²) < 4.78 is 5.70. The quantitative estimate of drug-likeness (QED) is 0.548. The van der Waals surface area contributed by atoms with Crippen LogP contribution < -0.4 is 4.90 Å². The van der Waals surface area contributed by atoms with Gasteiger partial charge >= 0.3 is 0 Å². The Kier molecular flexibility index (Phi) is 9.44. The van der Waals surface area contributed by atoms with E-state index >= 15 is 0 Å². The molecule has 1 aromatic carbocycles. The van der Waals surface area contributed by atoms with Crippen LogP contribution in [-0.4, -0.2) is 48.2 Å². The Balaban J connectivity index is 1.58. The number of benzene rings is 1.